The van der Waals surface area contributed by atoms with Crippen molar-refractivity contribution in [2.75, 3.05) is 33.4 Å². The molecule has 0 bridgehead atoms. The molecule has 0 aliphatic carbocycles. The van der Waals surface area contributed by atoms with Crippen molar-refractivity contribution in [2.45, 2.75) is 20.3 Å². The van der Waals surface area contributed by atoms with E-state index < -0.39 is 0 Å². The van der Waals surface area contributed by atoms with E-state index in [2.05, 4.69) is 29.5 Å². The Morgan fingerprint density at radius 3 is 2.55 bits per heavy atom. The first-order valence-electron chi connectivity index (χ1n) is 7.39. The zero-order valence-corrected chi connectivity index (χ0v) is 15.9. The van der Waals surface area contributed by atoms with Crippen LogP contribution in [0.25, 0.3) is 0 Å². The number of nitrogens with zero attached hydrogens (tertiary/aromatic N) is 1. The van der Waals surface area contributed by atoms with Crippen LogP contribution < -0.4 is 10.6 Å². The van der Waals surface area contributed by atoms with Crippen LogP contribution in [0.5, 0.6) is 0 Å². The second-order valence-electron chi connectivity index (χ2n) is 5.24. The first-order valence-corrected chi connectivity index (χ1v) is 7.39. The molecule has 0 unspecified atom stereocenters. The third kappa shape index (κ3) is 9.19. The highest BCUT2D eigenvalue weighted by atomic mass is 127. The van der Waals surface area contributed by atoms with Gasteiger partial charge in [0.1, 0.15) is 5.82 Å². The summed E-state index contributed by atoms with van der Waals surface area (Å²) in [6, 6.07) is 6.82. The van der Waals surface area contributed by atoms with Gasteiger partial charge in [0.2, 0.25) is 0 Å². The Bertz CT molecular complexity index is 441. The Labute approximate surface area is 149 Å². The van der Waals surface area contributed by atoms with Gasteiger partial charge in [-0.25, -0.2) is 4.39 Å². The van der Waals surface area contributed by atoms with E-state index in [1.165, 1.54) is 6.07 Å². The maximum absolute atomic E-state index is 13.5. The Hall–Kier alpha value is -0.890. The van der Waals surface area contributed by atoms with E-state index >= 15 is 0 Å². The topological polar surface area (TPSA) is 45.7 Å². The van der Waals surface area contributed by atoms with Crippen LogP contribution in [0, 0.1) is 11.7 Å². The SMILES string of the molecule is CN=C(NCCOCC(C)C)NCCc1ccccc1F.I. The molecule has 0 amide bonds. The first-order chi connectivity index (χ1) is 10.1. The molecule has 22 heavy (non-hydrogen) atoms. The smallest absolute Gasteiger partial charge is 0.191 e. The minimum absolute atomic E-state index is 0. The number of ether oxygens (including phenoxy) is 1. The van der Waals surface area contributed by atoms with Crippen molar-refractivity contribution in [2.24, 2.45) is 10.9 Å². The zero-order chi connectivity index (χ0) is 15.5. The number of nitrogens with one attached hydrogen (secondary N) is 2. The van der Waals surface area contributed by atoms with Crippen LogP contribution in [-0.4, -0.2) is 39.3 Å². The van der Waals surface area contributed by atoms with E-state index in [-0.39, 0.29) is 29.8 Å². The second kappa shape index (κ2) is 12.6. The molecule has 0 saturated heterocycles. The van der Waals surface area contributed by atoms with Gasteiger partial charge in [0.05, 0.1) is 6.61 Å². The van der Waals surface area contributed by atoms with E-state index in [1.54, 1.807) is 19.2 Å². The quantitative estimate of drug-likeness (QED) is 0.293. The highest BCUT2D eigenvalue weighted by Gasteiger charge is 2.01. The molecule has 0 spiro atoms. The minimum Gasteiger partial charge on any atom is -0.379 e. The van der Waals surface area contributed by atoms with Gasteiger partial charge in [-0.05, 0) is 24.0 Å². The predicted molar refractivity (Wildman–Crippen MR) is 101 cm³/mol. The van der Waals surface area contributed by atoms with Crippen LogP contribution in [0.4, 0.5) is 4.39 Å². The summed E-state index contributed by atoms with van der Waals surface area (Å²) in [5, 5.41) is 6.33. The number of aliphatic imine (C=N–C) groups is 1. The molecule has 0 aliphatic rings. The van der Waals surface area contributed by atoms with Crippen LogP contribution in [-0.2, 0) is 11.2 Å². The van der Waals surface area contributed by atoms with Gasteiger partial charge in [-0.1, -0.05) is 32.0 Å². The molecule has 0 atom stereocenters. The predicted octanol–water partition coefficient (Wildman–Crippen LogP) is 2.82. The lowest BCUT2D eigenvalue weighted by atomic mass is 10.1. The van der Waals surface area contributed by atoms with E-state index in [0.717, 1.165) is 6.61 Å². The van der Waals surface area contributed by atoms with Crippen molar-refractivity contribution in [3.63, 3.8) is 0 Å². The lowest BCUT2D eigenvalue weighted by Gasteiger charge is -2.12. The van der Waals surface area contributed by atoms with Crippen molar-refractivity contribution < 1.29 is 9.13 Å². The van der Waals surface area contributed by atoms with Crippen molar-refractivity contribution in [1.82, 2.24) is 10.6 Å². The second-order valence-corrected chi connectivity index (χ2v) is 5.24. The molecule has 126 valence electrons. The van der Waals surface area contributed by atoms with Crippen LogP contribution in [0.1, 0.15) is 19.4 Å². The van der Waals surface area contributed by atoms with Crippen LogP contribution in [0.2, 0.25) is 0 Å². The molecule has 1 aromatic rings. The van der Waals surface area contributed by atoms with E-state index in [9.17, 15) is 4.39 Å². The summed E-state index contributed by atoms with van der Waals surface area (Å²) in [6.45, 7) is 6.99. The van der Waals surface area contributed by atoms with Gasteiger partial charge in [-0.3, -0.25) is 4.99 Å². The molecule has 6 heteroatoms. The Balaban J connectivity index is 0.00000441. The average molecular weight is 423 g/mol. The minimum atomic E-state index is -0.163. The molecule has 4 nitrogen and oxygen atoms in total. The molecular formula is C16H27FIN3O. The van der Waals surface area contributed by atoms with Gasteiger partial charge in [-0.2, -0.15) is 0 Å². The maximum Gasteiger partial charge on any atom is 0.191 e. The molecule has 0 saturated carbocycles. The highest BCUT2D eigenvalue weighted by molar-refractivity contribution is 14.0. The normalized spacial score (nSPS) is 11.2. The summed E-state index contributed by atoms with van der Waals surface area (Å²) in [5.41, 5.74) is 0.709. The average Bonchev–Trinajstić information content (AvgIpc) is 2.46. The Morgan fingerprint density at radius 2 is 1.91 bits per heavy atom. The summed E-state index contributed by atoms with van der Waals surface area (Å²) in [7, 11) is 1.72. The standard InChI is InChI=1S/C16H26FN3O.HI/c1-13(2)12-21-11-10-20-16(18-3)19-9-8-14-6-4-5-7-15(14)17;/h4-7,13H,8-12H2,1-3H3,(H2,18,19,20);1H. The van der Waals surface area contributed by atoms with Gasteiger partial charge in [-0.15, -0.1) is 24.0 Å². The third-order valence-electron chi connectivity index (χ3n) is 2.86. The highest BCUT2D eigenvalue weighted by Crippen LogP contribution is 2.05. The fourth-order valence-corrected chi connectivity index (χ4v) is 1.80. The number of benzene rings is 1. The number of guanidine groups is 1. The largest absolute Gasteiger partial charge is 0.379 e. The van der Waals surface area contributed by atoms with Crippen LogP contribution in [0.15, 0.2) is 29.3 Å². The third-order valence-corrected chi connectivity index (χ3v) is 2.86. The summed E-state index contributed by atoms with van der Waals surface area (Å²) < 4.78 is 18.9. The summed E-state index contributed by atoms with van der Waals surface area (Å²) in [4.78, 5) is 4.12. The molecule has 0 aromatic heterocycles. The fourth-order valence-electron chi connectivity index (χ4n) is 1.80. The van der Waals surface area contributed by atoms with Crippen molar-refractivity contribution in [3.05, 3.63) is 35.6 Å². The first kappa shape index (κ1) is 21.1. The molecule has 1 rings (SSSR count). The van der Waals surface area contributed by atoms with Gasteiger partial charge in [0, 0.05) is 26.7 Å². The van der Waals surface area contributed by atoms with Crippen LogP contribution >= 0.6 is 24.0 Å². The summed E-state index contributed by atoms with van der Waals surface area (Å²) >= 11 is 0. The number of hydrogen-bond donors (Lipinski definition) is 2. The van der Waals surface area contributed by atoms with E-state index in [0.29, 0.717) is 43.6 Å². The van der Waals surface area contributed by atoms with Crippen LogP contribution in [0.3, 0.4) is 0 Å². The number of halogens is 2. The van der Waals surface area contributed by atoms with Gasteiger partial charge < -0.3 is 15.4 Å². The molecule has 2 N–H and O–H groups in total. The number of rotatable bonds is 8. The van der Waals surface area contributed by atoms with E-state index in [4.69, 9.17) is 4.74 Å². The van der Waals surface area contributed by atoms with Crippen molar-refractivity contribution >= 4 is 29.9 Å². The monoisotopic (exact) mass is 423 g/mol. The Morgan fingerprint density at radius 1 is 1.23 bits per heavy atom. The summed E-state index contributed by atoms with van der Waals surface area (Å²) in [6.07, 6.45) is 0.622. The van der Waals surface area contributed by atoms with Gasteiger partial charge in [0.25, 0.3) is 0 Å². The lowest BCUT2D eigenvalue weighted by molar-refractivity contribution is 0.114. The number of hydrogen-bond acceptors (Lipinski definition) is 2. The fraction of sp³-hybridized carbons (Fsp3) is 0.562. The Kier molecular flexibility index (Phi) is 12.1. The van der Waals surface area contributed by atoms with E-state index in [1.807, 2.05) is 6.07 Å². The lowest BCUT2D eigenvalue weighted by Crippen LogP contribution is -2.40. The molecule has 1 aromatic carbocycles. The summed E-state index contributed by atoms with van der Waals surface area (Å²) in [5.74, 6) is 1.09. The van der Waals surface area contributed by atoms with Crippen molar-refractivity contribution in [1.29, 1.82) is 0 Å². The maximum atomic E-state index is 13.5. The van der Waals surface area contributed by atoms with Gasteiger partial charge >= 0.3 is 0 Å². The van der Waals surface area contributed by atoms with Crippen molar-refractivity contribution in [3.8, 4) is 0 Å². The van der Waals surface area contributed by atoms with Gasteiger partial charge in [0.15, 0.2) is 5.96 Å². The molecule has 0 heterocycles. The molecular weight excluding hydrogens is 396 g/mol. The molecule has 0 fully saturated rings. The zero-order valence-electron chi connectivity index (χ0n) is 13.6. The molecule has 0 aliphatic heterocycles. The molecule has 0 radical (unpaired) electrons.